The molecule has 0 aromatic heterocycles. The van der Waals surface area contributed by atoms with Crippen LogP contribution in [0.2, 0.25) is 19.6 Å². The average molecular weight is 387 g/mol. The number of carbonyl (C=O) groups is 2. The second-order valence-electron chi connectivity index (χ2n) is 6.26. The molecule has 0 saturated heterocycles. The molecule has 1 rings (SSSR count). The number of benzene rings is 1. The molecule has 0 atom stereocenters. The number of anilines is 1. The number of amides is 1. The summed E-state index contributed by atoms with van der Waals surface area (Å²) in [5.41, 5.74) is 3.38. The van der Waals surface area contributed by atoms with Gasteiger partial charge in [-0.15, -0.1) is 5.54 Å². The number of nitrogens with one attached hydrogen (secondary N) is 1. The lowest BCUT2D eigenvalue weighted by Crippen LogP contribution is -2.29. The zero-order valence-electron chi connectivity index (χ0n) is 14.9. The van der Waals surface area contributed by atoms with E-state index in [1.807, 2.05) is 19.6 Å². The van der Waals surface area contributed by atoms with Crippen molar-refractivity contribution < 1.29 is 32.2 Å². The minimum absolute atomic E-state index is 0.0868. The van der Waals surface area contributed by atoms with Gasteiger partial charge in [-0.25, -0.2) is 4.79 Å². The molecule has 0 aliphatic rings. The highest BCUT2D eigenvalue weighted by molar-refractivity contribution is 6.83. The van der Waals surface area contributed by atoms with E-state index >= 15 is 0 Å². The fourth-order valence-corrected chi connectivity index (χ4v) is 2.13. The number of halogens is 3. The van der Waals surface area contributed by atoms with Crippen molar-refractivity contribution in [2.75, 3.05) is 18.5 Å². The summed E-state index contributed by atoms with van der Waals surface area (Å²) in [5, 5.41) is 1.74. The summed E-state index contributed by atoms with van der Waals surface area (Å²) in [4.78, 5) is 22.5. The van der Waals surface area contributed by atoms with E-state index in [1.54, 1.807) is 12.2 Å². The Balaban J connectivity index is 3.11. The minimum Gasteiger partial charge on any atom is -0.481 e. The van der Waals surface area contributed by atoms with Gasteiger partial charge in [0.25, 0.3) is 0 Å². The molecule has 9 heteroatoms. The van der Waals surface area contributed by atoms with E-state index in [1.165, 1.54) is 18.2 Å². The van der Waals surface area contributed by atoms with Crippen molar-refractivity contribution in [3.8, 4) is 17.2 Å². The van der Waals surface area contributed by atoms with Crippen molar-refractivity contribution in [3.63, 3.8) is 0 Å². The number of hydrogen-bond acceptors (Lipinski definition) is 4. The summed E-state index contributed by atoms with van der Waals surface area (Å²) in [5.74, 6) is 0.280. The Morgan fingerprint density at radius 3 is 2.42 bits per heavy atom. The first-order valence-electron chi connectivity index (χ1n) is 7.76. The van der Waals surface area contributed by atoms with Crippen molar-refractivity contribution in [1.82, 2.24) is 0 Å². The van der Waals surface area contributed by atoms with E-state index in [0.717, 1.165) is 0 Å². The van der Waals surface area contributed by atoms with Crippen LogP contribution in [0.5, 0.6) is 5.75 Å². The lowest BCUT2D eigenvalue weighted by molar-refractivity contribution is -0.167. The lowest BCUT2D eigenvalue weighted by atomic mass is 10.2. The van der Waals surface area contributed by atoms with Crippen LogP contribution in [0, 0.1) is 11.5 Å². The van der Waals surface area contributed by atoms with Crippen LogP contribution in [-0.2, 0) is 14.3 Å². The van der Waals surface area contributed by atoms with Crippen LogP contribution < -0.4 is 10.1 Å². The molecule has 0 fully saturated rings. The molecule has 0 aliphatic heterocycles. The predicted octanol–water partition coefficient (Wildman–Crippen LogP) is 3.36. The second-order valence-corrected chi connectivity index (χ2v) is 11.0. The Bertz CT molecular complexity index is 730. The molecule has 142 valence electrons. The van der Waals surface area contributed by atoms with E-state index in [2.05, 4.69) is 11.5 Å². The van der Waals surface area contributed by atoms with Gasteiger partial charge in [-0.3, -0.25) is 4.79 Å². The molecule has 0 bridgehead atoms. The number of alkyl halides is 3. The smallest absolute Gasteiger partial charge is 0.471 e. The van der Waals surface area contributed by atoms with Crippen LogP contribution in [0.3, 0.4) is 0 Å². The molecule has 0 saturated carbocycles. The molecule has 1 N–H and O–H groups in total. The maximum atomic E-state index is 12.4. The van der Waals surface area contributed by atoms with E-state index in [0.29, 0.717) is 5.56 Å². The van der Waals surface area contributed by atoms with E-state index in [-0.39, 0.29) is 18.0 Å². The fourth-order valence-electron chi connectivity index (χ4n) is 1.62. The zero-order valence-corrected chi connectivity index (χ0v) is 15.9. The fraction of sp³-hybridized carbons (Fsp3) is 0.412. The Morgan fingerprint density at radius 2 is 1.88 bits per heavy atom. The molecule has 5 nitrogen and oxygen atoms in total. The van der Waals surface area contributed by atoms with E-state index in [9.17, 15) is 22.8 Å². The van der Waals surface area contributed by atoms with Gasteiger partial charge in [0, 0.05) is 11.8 Å². The molecule has 26 heavy (non-hydrogen) atoms. The Kier molecular flexibility index (Phi) is 7.26. The van der Waals surface area contributed by atoms with Gasteiger partial charge >= 0.3 is 18.1 Å². The monoisotopic (exact) mass is 387 g/mol. The normalized spacial score (nSPS) is 11.2. The van der Waals surface area contributed by atoms with Crippen molar-refractivity contribution in [3.05, 3.63) is 23.8 Å². The topological polar surface area (TPSA) is 64.6 Å². The van der Waals surface area contributed by atoms with Gasteiger partial charge < -0.3 is 14.8 Å². The van der Waals surface area contributed by atoms with E-state index in [4.69, 9.17) is 9.47 Å². The molecule has 0 unspecified atom stereocenters. The molecule has 1 aromatic rings. The Hall–Kier alpha value is -2.47. The highest BCUT2D eigenvalue weighted by Crippen LogP contribution is 2.25. The van der Waals surface area contributed by atoms with E-state index < -0.39 is 32.7 Å². The Morgan fingerprint density at radius 1 is 1.23 bits per heavy atom. The first kappa shape index (κ1) is 21.6. The van der Waals surface area contributed by atoms with Crippen molar-refractivity contribution in [2.45, 2.75) is 32.7 Å². The van der Waals surface area contributed by atoms with Gasteiger partial charge in [-0.05, 0) is 19.1 Å². The maximum absolute atomic E-state index is 12.4. The van der Waals surface area contributed by atoms with Gasteiger partial charge in [0.1, 0.15) is 13.8 Å². The lowest BCUT2D eigenvalue weighted by Gasteiger charge is -2.12. The summed E-state index contributed by atoms with van der Waals surface area (Å²) in [7, 11) is -1.71. The van der Waals surface area contributed by atoms with Crippen LogP contribution in [0.4, 0.5) is 18.9 Å². The quantitative estimate of drug-likeness (QED) is 0.478. The number of esters is 1. The summed E-state index contributed by atoms with van der Waals surface area (Å²) >= 11 is 0. The third-order valence-corrected chi connectivity index (χ3v) is 3.59. The van der Waals surface area contributed by atoms with Crippen LogP contribution in [-0.4, -0.2) is 39.3 Å². The van der Waals surface area contributed by atoms with Crippen molar-refractivity contribution in [2.24, 2.45) is 0 Å². The first-order valence-corrected chi connectivity index (χ1v) is 11.3. The minimum atomic E-state index is -5.01. The number of hydrogen-bond donors (Lipinski definition) is 1. The summed E-state index contributed by atoms with van der Waals surface area (Å²) in [6.07, 6.45) is -5.01. The third kappa shape index (κ3) is 7.61. The van der Waals surface area contributed by atoms with Gasteiger partial charge in [0.15, 0.2) is 6.61 Å². The van der Waals surface area contributed by atoms with Crippen LogP contribution in [0.1, 0.15) is 12.5 Å². The molecule has 1 aromatic carbocycles. The van der Waals surface area contributed by atoms with Crippen LogP contribution in [0.15, 0.2) is 18.2 Å². The van der Waals surface area contributed by atoms with Gasteiger partial charge in [0.05, 0.1) is 12.2 Å². The summed E-state index contributed by atoms with van der Waals surface area (Å²) in [6, 6.07) is 3.91. The van der Waals surface area contributed by atoms with Crippen molar-refractivity contribution in [1.29, 1.82) is 0 Å². The molecule has 0 aliphatic carbocycles. The average Bonchev–Trinajstić information content (AvgIpc) is 2.50. The van der Waals surface area contributed by atoms with Crippen molar-refractivity contribution >= 4 is 25.6 Å². The zero-order chi connectivity index (χ0) is 20.0. The molecule has 0 heterocycles. The number of carbonyl (C=O) groups excluding carboxylic acids is 2. The standard InChI is InChI=1S/C17H20F3NO4Si/c1-5-24-15(22)11-25-14-10-13(21-16(23)17(18,19)20)7-6-12(14)8-9-26(2,3)4/h6-7,10H,5,11H2,1-4H3,(H,21,23). The third-order valence-electron chi connectivity index (χ3n) is 2.72. The van der Waals surface area contributed by atoms with Gasteiger partial charge in [-0.1, -0.05) is 25.6 Å². The number of rotatable bonds is 5. The summed E-state index contributed by atoms with van der Waals surface area (Å²) in [6.45, 7) is 7.46. The first-order chi connectivity index (χ1) is 11.9. The molecule has 1 amide bonds. The maximum Gasteiger partial charge on any atom is 0.471 e. The highest BCUT2D eigenvalue weighted by Gasteiger charge is 2.38. The summed E-state index contributed by atoms with van der Waals surface area (Å²) < 4.78 is 47.2. The SMILES string of the molecule is CCOC(=O)COc1cc(NC(=O)C(F)(F)F)ccc1C#C[Si](C)(C)C. The second kappa shape index (κ2) is 8.76. The van der Waals surface area contributed by atoms with Crippen LogP contribution >= 0.6 is 0 Å². The molecule has 0 spiro atoms. The number of ether oxygens (including phenoxy) is 2. The molecular weight excluding hydrogens is 367 g/mol. The highest BCUT2D eigenvalue weighted by atomic mass is 28.3. The van der Waals surface area contributed by atoms with Gasteiger partial charge in [-0.2, -0.15) is 13.2 Å². The largest absolute Gasteiger partial charge is 0.481 e. The van der Waals surface area contributed by atoms with Crippen LogP contribution in [0.25, 0.3) is 0 Å². The van der Waals surface area contributed by atoms with Gasteiger partial charge in [0.2, 0.25) is 0 Å². The molecular formula is C17H20F3NO4Si. The predicted molar refractivity (Wildman–Crippen MR) is 93.5 cm³/mol. The Labute approximate surface area is 150 Å². The molecule has 0 radical (unpaired) electrons.